The molecule has 3 heteroatoms. The average Bonchev–Trinajstić information content (AvgIpc) is 2.12. The highest BCUT2D eigenvalue weighted by atomic mass is 19.1. The van der Waals surface area contributed by atoms with Gasteiger partial charge in [0.05, 0.1) is 7.11 Å². The van der Waals surface area contributed by atoms with Gasteiger partial charge in [0.1, 0.15) is 11.6 Å². The summed E-state index contributed by atoms with van der Waals surface area (Å²) in [5, 5.41) is 2.91. The number of rotatable bonds is 3. The Morgan fingerprint density at radius 1 is 1.46 bits per heavy atom. The zero-order valence-electron chi connectivity index (χ0n) is 8.15. The first kappa shape index (κ1) is 9.99. The number of nitrogens with one attached hydrogen (secondary N) is 1. The normalized spacial score (nSPS) is 10.2. The summed E-state index contributed by atoms with van der Waals surface area (Å²) in [7, 11) is 3.34. The molecule has 0 unspecified atom stereocenters. The zero-order chi connectivity index (χ0) is 9.84. The molecule has 0 atom stereocenters. The van der Waals surface area contributed by atoms with Crippen molar-refractivity contribution in [3.63, 3.8) is 0 Å². The van der Waals surface area contributed by atoms with E-state index in [2.05, 4.69) is 5.32 Å². The fourth-order valence-electron chi connectivity index (χ4n) is 1.35. The Balaban J connectivity index is 3.18. The summed E-state index contributed by atoms with van der Waals surface area (Å²) in [5.41, 5.74) is 1.54. The molecule has 1 aromatic rings. The number of benzene rings is 1. The number of halogens is 1. The Hall–Kier alpha value is -1.09. The van der Waals surface area contributed by atoms with Gasteiger partial charge in [0.2, 0.25) is 0 Å². The van der Waals surface area contributed by atoms with E-state index < -0.39 is 0 Å². The smallest absolute Gasteiger partial charge is 0.131 e. The minimum absolute atomic E-state index is 0.225. The van der Waals surface area contributed by atoms with Gasteiger partial charge in [-0.25, -0.2) is 4.39 Å². The second-order valence-corrected chi connectivity index (χ2v) is 2.91. The number of hydrogen-bond donors (Lipinski definition) is 1. The van der Waals surface area contributed by atoms with Crippen molar-refractivity contribution in [1.29, 1.82) is 0 Å². The zero-order valence-corrected chi connectivity index (χ0v) is 8.15. The first-order valence-corrected chi connectivity index (χ1v) is 4.17. The van der Waals surface area contributed by atoms with Crippen LogP contribution in [0.5, 0.6) is 5.75 Å². The molecule has 0 heterocycles. The van der Waals surface area contributed by atoms with Gasteiger partial charge in [-0.2, -0.15) is 0 Å². The third-order valence-corrected chi connectivity index (χ3v) is 1.96. The standard InChI is InChI=1S/C10H14FNO/c1-7-4-5-9(11)8(6-12-2)10(7)13-3/h4-5,12H,6H2,1-3H3. The molecule has 72 valence electrons. The number of aryl methyl sites for hydroxylation is 1. The van der Waals surface area contributed by atoms with Crippen molar-refractivity contribution in [2.75, 3.05) is 14.2 Å². The molecule has 0 aliphatic heterocycles. The van der Waals surface area contributed by atoms with Crippen molar-refractivity contribution < 1.29 is 9.13 Å². The predicted molar refractivity (Wildman–Crippen MR) is 50.5 cm³/mol. The lowest BCUT2D eigenvalue weighted by Gasteiger charge is -2.11. The summed E-state index contributed by atoms with van der Waals surface area (Å²) >= 11 is 0. The second-order valence-electron chi connectivity index (χ2n) is 2.91. The molecule has 1 aromatic carbocycles. The highest BCUT2D eigenvalue weighted by molar-refractivity contribution is 5.41. The Bertz CT molecular complexity index is 299. The first-order valence-electron chi connectivity index (χ1n) is 4.17. The third-order valence-electron chi connectivity index (χ3n) is 1.96. The second kappa shape index (κ2) is 4.23. The first-order chi connectivity index (χ1) is 6.20. The van der Waals surface area contributed by atoms with E-state index in [0.717, 1.165) is 5.56 Å². The van der Waals surface area contributed by atoms with Gasteiger partial charge < -0.3 is 10.1 Å². The molecule has 0 saturated heterocycles. The lowest BCUT2D eigenvalue weighted by atomic mass is 10.1. The van der Waals surface area contributed by atoms with Crippen molar-refractivity contribution >= 4 is 0 Å². The Morgan fingerprint density at radius 2 is 2.15 bits per heavy atom. The van der Waals surface area contributed by atoms with Gasteiger partial charge in [-0.3, -0.25) is 0 Å². The van der Waals surface area contributed by atoms with Gasteiger partial charge >= 0.3 is 0 Å². The summed E-state index contributed by atoms with van der Waals surface area (Å²) in [4.78, 5) is 0. The van der Waals surface area contributed by atoms with Crippen LogP contribution in [0.25, 0.3) is 0 Å². The molecule has 0 radical (unpaired) electrons. The molecule has 0 aromatic heterocycles. The monoisotopic (exact) mass is 183 g/mol. The van der Waals surface area contributed by atoms with Gasteiger partial charge in [0.25, 0.3) is 0 Å². The van der Waals surface area contributed by atoms with Crippen molar-refractivity contribution in [3.05, 3.63) is 29.1 Å². The van der Waals surface area contributed by atoms with Crippen LogP contribution in [0.3, 0.4) is 0 Å². The fraction of sp³-hybridized carbons (Fsp3) is 0.400. The number of ether oxygens (including phenoxy) is 1. The van der Waals surface area contributed by atoms with Crippen molar-refractivity contribution in [1.82, 2.24) is 5.32 Å². The van der Waals surface area contributed by atoms with E-state index in [1.807, 2.05) is 6.92 Å². The van der Waals surface area contributed by atoms with Crippen molar-refractivity contribution in [2.45, 2.75) is 13.5 Å². The summed E-state index contributed by atoms with van der Waals surface area (Å²) in [6.07, 6.45) is 0. The average molecular weight is 183 g/mol. The molecule has 1 N–H and O–H groups in total. The van der Waals surface area contributed by atoms with Crippen LogP contribution in [-0.4, -0.2) is 14.2 Å². The predicted octanol–water partition coefficient (Wildman–Crippen LogP) is 1.86. The van der Waals surface area contributed by atoms with Crippen LogP contribution in [0, 0.1) is 12.7 Å². The van der Waals surface area contributed by atoms with Crippen LogP contribution in [-0.2, 0) is 6.54 Å². The molecule has 0 spiro atoms. The maximum Gasteiger partial charge on any atom is 0.131 e. The minimum Gasteiger partial charge on any atom is -0.496 e. The van der Waals surface area contributed by atoms with Crippen LogP contribution in [0.2, 0.25) is 0 Å². The van der Waals surface area contributed by atoms with E-state index in [1.54, 1.807) is 20.2 Å². The van der Waals surface area contributed by atoms with Crippen LogP contribution < -0.4 is 10.1 Å². The molecule has 0 aliphatic carbocycles. The fourth-order valence-corrected chi connectivity index (χ4v) is 1.35. The highest BCUT2D eigenvalue weighted by Crippen LogP contribution is 2.25. The van der Waals surface area contributed by atoms with Crippen LogP contribution >= 0.6 is 0 Å². The molecule has 2 nitrogen and oxygen atoms in total. The molecule has 1 rings (SSSR count). The summed E-state index contributed by atoms with van der Waals surface area (Å²) in [5.74, 6) is 0.408. The van der Waals surface area contributed by atoms with Gasteiger partial charge in [0.15, 0.2) is 0 Å². The van der Waals surface area contributed by atoms with Gasteiger partial charge in [-0.05, 0) is 25.6 Å². The minimum atomic E-state index is -0.225. The molecule has 0 fully saturated rings. The molecular formula is C10H14FNO. The largest absolute Gasteiger partial charge is 0.496 e. The molecule has 0 bridgehead atoms. The number of methoxy groups -OCH3 is 1. The van der Waals surface area contributed by atoms with E-state index in [-0.39, 0.29) is 5.82 Å². The molecule has 0 saturated carbocycles. The van der Waals surface area contributed by atoms with Gasteiger partial charge in [0, 0.05) is 12.1 Å². The van der Waals surface area contributed by atoms with E-state index >= 15 is 0 Å². The summed E-state index contributed by atoms with van der Waals surface area (Å²) in [6, 6.07) is 3.18. The Morgan fingerprint density at radius 3 is 2.69 bits per heavy atom. The highest BCUT2D eigenvalue weighted by Gasteiger charge is 2.10. The Kier molecular flexibility index (Phi) is 3.25. The molecular weight excluding hydrogens is 169 g/mol. The summed E-state index contributed by atoms with van der Waals surface area (Å²) in [6.45, 7) is 2.38. The van der Waals surface area contributed by atoms with Crippen molar-refractivity contribution in [2.24, 2.45) is 0 Å². The lowest BCUT2D eigenvalue weighted by Crippen LogP contribution is -2.09. The van der Waals surface area contributed by atoms with Crippen LogP contribution in [0.15, 0.2) is 12.1 Å². The van der Waals surface area contributed by atoms with E-state index in [9.17, 15) is 4.39 Å². The van der Waals surface area contributed by atoms with Crippen LogP contribution in [0.4, 0.5) is 4.39 Å². The maximum atomic E-state index is 13.3. The van der Waals surface area contributed by atoms with Gasteiger partial charge in [-0.15, -0.1) is 0 Å². The van der Waals surface area contributed by atoms with E-state index in [0.29, 0.717) is 17.9 Å². The maximum absolute atomic E-state index is 13.3. The Labute approximate surface area is 77.7 Å². The topological polar surface area (TPSA) is 21.3 Å². The van der Waals surface area contributed by atoms with Crippen LogP contribution in [0.1, 0.15) is 11.1 Å². The molecule has 0 amide bonds. The summed E-state index contributed by atoms with van der Waals surface area (Å²) < 4.78 is 18.4. The molecule has 0 aliphatic rings. The van der Waals surface area contributed by atoms with Gasteiger partial charge in [-0.1, -0.05) is 6.07 Å². The quantitative estimate of drug-likeness (QED) is 0.772. The SMILES string of the molecule is CNCc1c(F)ccc(C)c1OC. The van der Waals surface area contributed by atoms with E-state index in [4.69, 9.17) is 4.74 Å². The van der Waals surface area contributed by atoms with Crippen molar-refractivity contribution in [3.8, 4) is 5.75 Å². The van der Waals surface area contributed by atoms with E-state index in [1.165, 1.54) is 6.07 Å². The molecule has 13 heavy (non-hydrogen) atoms. The lowest BCUT2D eigenvalue weighted by molar-refractivity contribution is 0.399. The third kappa shape index (κ3) is 1.98. The number of hydrogen-bond acceptors (Lipinski definition) is 2.